The Labute approximate surface area is 285 Å². The normalized spacial score (nSPS) is 53.1. The van der Waals surface area contributed by atoms with Crippen molar-refractivity contribution < 1.29 is 126 Å². The van der Waals surface area contributed by atoms with Crippen LogP contribution in [0.25, 0.3) is 0 Å². The summed E-state index contributed by atoms with van der Waals surface area (Å²) in [6, 6.07) is 0. The summed E-state index contributed by atoms with van der Waals surface area (Å²) < 4.78 is 70.7. The minimum atomic E-state index is -5.44. The molecule has 298 valence electrons. The van der Waals surface area contributed by atoms with Gasteiger partial charge < -0.3 is 99.9 Å². The van der Waals surface area contributed by atoms with E-state index in [9.17, 15) is 79.9 Å². The smallest absolute Gasteiger partial charge is 0.394 e. The lowest BCUT2D eigenvalue weighted by Crippen LogP contribution is -2.80. The molecule has 0 amide bonds. The summed E-state index contributed by atoms with van der Waals surface area (Å²) in [5.41, 5.74) is 0. The Morgan fingerprint density at radius 3 is 1.76 bits per heavy atom. The van der Waals surface area contributed by atoms with Crippen molar-refractivity contribution in [3.8, 4) is 0 Å². The van der Waals surface area contributed by atoms with E-state index < -0.39 is 159 Å². The summed E-state index contributed by atoms with van der Waals surface area (Å²) >= 11 is 0. The standard InChI is InChI=1S/C24H40O26S/c25-1-6-10(29)13(32)15(34)20(42-6)41-4-9-11(30)14(33)16(35)21(43-9)44-17-8(3-27)46-24(23(38,19(17)37)48-50-51(39,40)49-24)47-22(5-28)18(36)12(31)7(2-26)45-22/h6-21,25-38H,1-5H2/t6-,7-,8-,9-,10+,11+,12+,13-,14-,15-,16-,17-,18+,19+,20-,21-,22+,23-,24-/m1/s1. The Hall–Kier alpha value is -1.01. The van der Waals surface area contributed by atoms with Crippen LogP contribution in [0, 0.1) is 0 Å². The molecule has 0 spiro atoms. The Morgan fingerprint density at radius 2 is 1.20 bits per heavy atom. The molecule has 5 rings (SSSR count). The first-order chi connectivity index (χ1) is 23.8. The van der Waals surface area contributed by atoms with Crippen molar-refractivity contribution in [2.75, 3.05) is 33.0 Å². The second kappa shape index (κ2) is 15.3. The number of hydrogen-bond donors (Lipinski definition) is 14. The highest BCUT2D eigenvalue weighted by Gasteiger charge is 2.77. The van der Waals surface area contributed by atoms with Gasteiger partial charge in [-0.1, -0.05) is 4.33 Å². The van der Waals surface area contributed by atoms with Gasteiger partial charge in [0.15, 0.2) is 12.6 Å². The molecule has 0 saturated carbocycles. The third-order valence-corrected chi connectivity index (χ3v) is 9.56. The molecule has 5 aliphatic heterocycles. The molecule has 5 aliphatic rings. The third kappa shape index (κ3) is 7.15. The first kappa shape index (κ1) is 41.2. The van der Waals surface area contributed by atoms with Crippen molar-refractivity contribution in [3.05, 3.63) is 0 Å². The first-order valence-electron chi connectivity index (χ1n) is 15.1. The summed E-state index contributed by atoms with van der Waals surface area (Å²) in [6.07, 6.45) is -32.1. The van der Waals surface area contributed by atoms with Gasteiger partial charge in [-0.25, -0.2) is 0 Å². The lowest BCUT2D eigenvalue weighted by molar-refractivity contribution is -0.602. The van der Waals surface area contributed by atoms with Gasteiger partial charge in [-0.3, -0.25) is 4.74 Å². The fourth-order valence-electron chi connectivity index (χ4n) is 5.99. The Morgan fingerprint density at radius 1 is 0.627 bits per heavy atom. The molecule has 5 heterocycles. The Bertz CT molecular complexity index is 1290. The van der Waals surface area contributed by atoms with E-state index in [1.54, 1.807) is 0 Å². The van der Waals surface area contributed by atoms with Gasteiger partial charge in [0, 0.05) is 0 Å². The van der Waals surface area contributed by atoms with Crippen molar-refractivity contribution >= 4 is 10.4 Å². The summed E-state index contributed by atoms with van der Waals surface area (Å²) in [5.74, 6) is -10.6. The molecule has 51 heavy (non-hydrogen) atoms. The van der Waals surface area contributed by atoms with E-state index in [0.29, 0.717) is 0 Å². The van der Waals surface area contributed by atoms with E-state index in [1.807, 2.05) is 0 Å². The molecule has 0 aromatic heterocycles. The number of aliphatic hydroxyl groups excluding tert-OH is 13. The van der Waals surface area contributed by atoms with Crippen molar-refractivity contribution in [3.63, 3.8) is 0 Å². The van der Waals surface area contributed by atoms with Crippen LogP contribution in [-0.2, 0) is 57.0 Å². The zero-order valence-corrected chi connectivity index (χ0v) is 26.7. The molecule has 0 bridgehead atoms. The van der Waals surface area contributed by atoms with Crippen LogP contribution in [0.15, 0.2) is 0 Å². The maximum Gasteiger partial charge on any atom is 0.431 e. The lowest BCUT2D eigenvalue weighted by atomic mass is 9.93. The van der Waals surface area contributed by atoms with Gasteiger partial charge in [0.1, 0.15) is 92.1 Å². The lowest BCUT2D eigenvalue weighted by Gasteiger charge is -2.55. The molecular formula is C24H40O26S. The summed E-state index contributed by atoms with van der Waals surface area (Å²) in [7, 11) is -5.44. The minimum Gasteiger partial charge on any atom is -0.394 e. The van der Waals surface area contributed by atoms with E-state index in [1.165, 1.54) is 0 Å². The maximum absolute atomic E-state index is 12.3. The molecule has 0 aromatic carbocycles. The van der Waals surface area contributed by atoms with E-state index in [2.05, 4.69) is 13.4 Å². The van der Waals surface area contributed by atoms with Gasteiger partial charge in [-0.15, -0.1) is 0 Å². The molecule has 5 fully saturated rings. The van der Waals surface area contributed by atoms with Gasteiger partial charge in [-0.2, -0.15) is 17.5 Å². The molecule has 14 N–H and O–H groups in total. The van der Waals surface area contributed by atoms with Gasteiger partial charge in [0.05, 0.1) is 26.4 Å². The zero-order chi connectivity index (χ0) is 37.8. The van der Waals surface area contributed by atoms with Gasteiger partial charge in [0.25, 0.3) is 0 Å². The first-order valence-corrected chi connectivity index (χ1v) is 16.4. The van der Waals surface area contributed by atoms with Crippen molar-refractivity contribution in [1.29, 1.82) is 0 Å². The molecular weight excluding hydrogens is 736 g/mol. The SMILES string of the molecule is O=S1(=O)OO[C@]2(O)[C@@H](O)[C@H](O[C@H]3O[C@H](CO[C@@H]4O[C@H](CO)[C@H](O)[C@@H](O)[C@H]4O)[C@H](O)[C@@H](O)[C@H]3O)[C@@H](CO)O[C@]2(O[C@]2(CO)O[C@H](CO)[C@H](O)[C@@H]2O)O1. The predicted molar refractivity (Wildman–Crippen MR) is 144 cm³/mol. The molecule has 0 radical (unpaired) electrons. The van der Waals surface area contributed by atoms with Crippen LogP contribution in [0.3, 0.4) is 0 Å². The highest BCUT2D eigenvalue weighted by Crippen LogP contribution is 2.50. The number of aliphatic hydroxyl groups is 14. The van der Waals surface area contributed by atoms with Gasteiger partial charge >= 0.3 is 22.2 Å². The largest absolute Gasteiger partial charge is 0.431 e. The molecule has 27 heteroatoms. The van der Waals surface area contributed by atoms with Gasteiger partial charge in [0.2, 0.25) is 5.79 Å². The molecule has 0 unspecified atom stereocenters. The second-order valence-corrected chi connectivity index (χ2v) is 13.3. The molecule has 5 saturated heterocycles. The number of rotatable bonds is 11. The maximum atomic E-state index is 12.3. The number of ether oxygens (including phenoxy) is 7. The zero-order valence-electron chi connectivity index (χ0n) is 25.8. The summed E-state index contributed by atoms with van der Waals surface area (Å²) in [5, 5.41) is 145. The van der Waals surface area contributed by atoms with Crippen LogP contribution in [0.5, 0.6) is 0 Å². The monoisotopic (exact) mass is 776 g/mol. The summed E-state index contributed by atoms with van der Waals surface area (Å²) in [6.45, 7) is -5.42. The van der Waals surface area contributed by atoms with Crippen molar-refractivity contribution in [2.24, 2.45) is 0 Å². The van der Waals surface area contributed by atoms with Crippen molar-refractivity contribution in [2.45, 2.75) is 116 Å². The van der Waals surface area contributed by atoms with E-state index in [-0.39, 0.29) is 0 Å². The Balaban J connectivity index is 1.39. The van der Waals surface area contributed by atoms with Crippen LogP contribution in [-0.4, -0.2) is 229 Å². The minimum absolute atomic E-state index is 0.809. The van der Waals surface area contributed by atoms with E-state index in [4.69, 9.17) is 33.2 Å². The second-order valence-electron chi connectivity index (χ2n) is 12.2. The molecule has 19 atom stereocenters. The highest BCUT2D eigenvalue weighted by atomic mass is 32.3. The number of hydrogen-bond acceptors (Lipinski definition) is 26. The molecule has 26 nitrogen and oxygen atoms in total. The topological polar surface area (TPSA) is 410 Å². The fourth-order valence-corrected chi connectivity index (χ4v) is 6.67. The van der Waals surface area contributed by atoms with Crippen molar-refractivity contribution in [1.82, 2.24) is 0 Å². The summed E-state index contributed by atoms with van der Waals surface area (Å²) in [4.78, 5) is 4.51. The van der Waals surface area contributed by atoms with Crippen LogP contribution in [0.1, 0.15) is 0 Å². The molecule has 0 aliphatic carbocycles. The van der Waals surface area contributed by atoms with Crippen LogP contribution >= 0.6 is 0 Å². The predicted octanol–water partition coefficient (Wildman–Crippen LogP) is -10.9. The highest BCUT2D eigenvalue weighted by molar-refractivity contribution is 7.81. The number of fused-ring (bicyclic) bond motifs is 1. The average Bonchev–Trinajstić information content (AvgIpc) is 3.34. The average molecular weight is 777 g/mol. The van der Waals surface area contributed by atoms with Crippen LogP contribution in [0.4, 0.5) is 0 Å². The van der Waals surface area contributed by atoms with E-state index in [0.717, 1.165) is 0 Å². The van der Waals surface area contributed by atoms with Gasteiger partial charge in [-0.05, 0) is 0 Å². The fraction of sp³-hybridized carbons (Fsp3) is 1.00. The third-order valence-electron chi connectivity index (χ3n) is 8.91. The van der Waals surface area contributed by atoms with E-state index >= 15 is 0 Å². The Kier molecular flexibility index (Phi) is 12.3. The van der Waals surface area contributed by atoms with Crippen LogP contribution in [0.2, 0.25) is 0 Å². The molecule has 0 aromatic rings. The van der Waals surface area contributed by atoms with Crippen LogP contribution < -0.4 is 0 Å². The quantitative estimate of drug-likeness (QED) is 0.0866.